The summed E-state index contributed by atoms with van der Waals surface area (Å²) in [6.07, 6.45) is 2.26. The van der Waals surface area contributed by atoms with Gasteiger partial charge in [-0.05, 0) is 56.6 Å². The van der Waals surface area contributed by atoms with Crippen molar-refractivity contribution in [2.45, 2.75) is 38.8 Å². The highest BCUT2D eigenvalue weighted by molar-refractivity contribution is 7.80. The van der Waals surface area contributed by atoms with Crippen molar-refractivity contribution in [2.24, 2.45) is 0 Å². The molecule has 0 saturated carbocycles. The minimum atomic E-state index is -0.231. The molecule has 2 unspecified atom stereocenters. The molecule has 3 aromatic rings. The summed E-state index contributed by atoms with van der Waals surface area (Å²) in [7, 11) is 1.66. The standard InChI is InChI=1S/C26H28N4O3S/c1-16-6-8-19(9-7-16)24-28-25(33-29-24)22-17(2)30(15-21-5-4-14-32-21)26(34)27-23(22)18-10-12-20(31-3)13-11-18/h6-13,21,23H,4-5,14-15H2,1-3H3,(H,27,34). The van der Waals surface area contributed by atoms with Crippen LogP contribution in [0.3, 0.4) is 0 Å². The van der Waals surface area contributed by atoms with Crippen LogP contribution in [0.1, 0.15) is 42.8 Å². The molecule has 1 N–H and O–H groups in total. The second kappa shape index (κ2) is 9.56. The second-order valence-electron chi connectivity index (χ2n) is 8.69. The molecule has 1 saturated heterocycles. The van der Waals surface area contributed by atoms with Gasteiger partial charge in [0.25, 0.3) is 5.89 Å². The minimum Gasteiger partial charge on any atom is -0.497 e. The van der Waals surface area contributed by atoms with E-state index in [1.807, 2.05) is 48.5 Å². The molecule has 5 rings (SSSR count). The molecule has 0 aliphatic carbocycles. The van der Waals surface area contributed by atoms with Crippen LogP contribution in [0, 0.1) is 6.92 Å². The summed E-state index contributed by atoms with van der Waals surface area (Å²) in [5, 5.41) is 8.45. The molecule has 2 aromatic carbocycles. The smallest absolute Gasteiger partial charge is 0.258 e. The Balaban J connectivity index is 1.55. The van der Waals surface area contributed by atoms with Crippen molar-refractivity contribution in [3.8, 4) is 17.1 Å². The number of allylic oxidation sites excluding steroid dienone is 1. The number of nitrogens with zero attached hydrogens (tertiary/aromatic N) is 3. The lowest BCUT2D eigenvalue weighted by molar-refractivity contribution is 0.0962. The van der Waals surface area contributed by atoms with Crippen LogP contribution >= 0.6 is 12.2 Å². The fourth-order valence-electron chi connectivity index (χ4n) is 4.47. The highest BCUT2D eigenvalue weighted by Crippen LogP contribution is 2.38. The normalized spacial score (nSPS) is 20.6. The van der Waals surface area contributed by atoms with Gasteiger partial charge in [-0.15, -0.1) is 0 Å². The van der Waals surface area contributed by atoms with Crippen LogP contribution in [0.2, 0.25) is 0 Å². The SMILES string of the molecule is COc1ccc(C2NC(=S)N(CC3CCCO3)C(C)=C2c2nc(-c3ccc(C)cc3)no2)cc1. The Morgan fingerprint density at radius 1 is 1.12 bits per heavy atom. The fourth-order valence-corrected chi connectivity index (χ4v) is 4.80. The van der Waals surface area contributed by atoms with E-state index in [2.05, 4.69) is 29.2 Å². The quantitative estimate of drug-likeness (QED) is 0.504. The number of benzene rings is 2. The molecule has 1 aromatic heterocycles. The van der Waals surface area contributed by atoms with E-state index in [9.17, 15) is 0 Å². The van der Waals surface area contributed by atoms with Gasteiger partial charge >= 0.3 is 0 Å². The monoisotopic (exact) mass is 476 g/mol. The topological polar surface area (TPSA) is 72.7 Å². The van der Waals surface area contributed by atoms with Crippen molar-refractivity contribution in [3.63, 3.8) is 0 Å². The molecule has 176 valence electrons. The maximum Gasteiger partial charge on any atom is 0.258 e. The zero-order valence-electron chi connectivity index (χ0n) is 19.6. The predicted molar refractivity (Wildman–Crippen MR) is 134 cm³/mol. The van der Waals surface area contributed by atoms with Crippen LogP contribution < -0.4 is 10.1 Å². The van der Waals surface area contributed by atoms with Crippen molar-refractivity contribution < 1.29 is 14.0 Å². The third-order valence-corrected chi connectivity index (χ3v) is 6.76. The Morgan fingerprint density at radius 3 is 2.56 bits per heavy atom. The van der Waals surface area contributed by atoms with E-state index in [0.29, 0.717) is 23.4 Å². The number of rotatable bonds is 6. The average molecular weight is 477 g/mol. The summed E-state index contributed by atoms with van der Waals surface area (Å²) in [4.78, 5) is 6.88. The second-order valence-corrected chi connectivity index (χ2v) is 9.08. The van der Waals surface area contributed by atoms with Crippen molar-refractivity contribution in [3.05, 3.63) is 71.2 Å². The Bertz CT molecular complexity index is 1200. The van der Waals surface area contributed by atoms with Gasteiger partial charge in [0, 0.05) is 17.9 Å². The Labute approximate surface area is 204 Å². The van der Waals surface area contributed by atoms with E-state index in [1.54, 1.807) is 7.11 Å². The number of hydrogen-bond acceptors (Lipinski definition) is 6. The van der Waals surface area contributed by atoms with Gasteiger partial charge in [-0.1, -0.05) is 47.1 Å². The van der Waals surface area contributed by atoms with E-state index in [1.165, 1.54) is 5.56 Å². The summed E-state index contributed by atoms with van der Waals surface area (Å²) in [5.41, 5.74) is 5.02. The molecule has 1 fully saturated rings. The number of thiocarbonyl (C=S) groups is 1. The first-order chi connectivity index (χ1) is 16.5. The largest absolute Gasteiger partial charge is 0.497 e. The van der Waals surface area contributed by atoms with E-state index < -0.39 is 0 Å². The number of aryl methyl sites for hydroxylation is 1. The van der Waals surface area contributed by atoms with E-state index in [0.717, 1.165) is 47.6 Å². The van der Waals surface area contributed by atoms with E-state index in [-0.39, 0.29) is 12.1 Å². The lowest BCUT2D eigenvalue weighted by Crippen LogP contribution is -2.48. The van der Waals surface area contributed by atoms with Gasteiger partial charge in [0.2, 0.25) is 5.82 Å². The molecule has 0 bridgehead atoms. The van der Waals surface area contributed by atoms with Crippen LogP contribution in [0.4, 0.5) is 0 Å². The number of hydrogen-bond donors (Lipinski definition) is 1. The minimum absolute atomic E-state index is 0.152. The maximum atomic E-state index is 5.88. The zero-order valence-corrected chi connectivity index (χ0v) is 20.4. The number of methoxy groups -OCH3 is 1. The van der Waals surface area contributed by atoms with Crippen molar-refractivity contribution in [2.75, 3.05) is 20.3 Å². The molecular formula is C26H28N4O3S. The number of nitrogens with one attached hydrogen (secondary N) is 1. The number of aromatic nitrogens is 2. The molecular weight excluding hydrogens is 448 g/mol. The molecule has 0 amide bonds. The molecule has 0 spiro atoms. The molecule has 34 heavy (non-hydrogen) atoms. The van der Waals surface area contributed by atoms with Crippen molar-refractivity contribution >= 4 is 22.9 Å². The average Bonchev–Trinajstić information content (AvgIpc) is 3.54. The van der Waals surface area contributed by atoms with Gasteiger partial charge in [0.1, 0.15) is 5.75 Å². The summed E-state index contributed by atoms with van der Waals surface area (Å²) < 4.78 is 17.1. The summed E-state index contributed by atoms with van der Waals surface area (Å²) in [6, 6.07) is 15.8. The molecule has 2 aliphatic heterocycles. The molecule has 3 heterocycles. The summed E-state index contributed by atoms with van der Waals surface area (Å²) in [5.74, 6) is 1.83. The van der Waals surface area contributed by atoms with Gasteiger partial charge in [-0.2, -0.15) is 4.98 Å². The first kappa shape index (κ1) is 22.6. The van der Waals surface area contributed by atoms with Gasteiger partial charge in [0.15, 0.2) is 5.11 Å². The fraction of sp³-hybridized carbons (Fsp3) is 0.346. The van der Waals surface area contributed by atoms with Crippen molar-refractivity contribution in [1.82, 2.24) is 20.4 Å². The highest BCUT2D eigenvalue weighted by atomic mass is 32.1. The van der Waals surface area contributed by atoms with Gasteiger partial charge in [0.05, 0.1) is 31.4 Å². The lowest BCUT2D eigenvalue weighted by atomic mass is 9.94. The van der Waals surface area contributed by atoms with E-state index >= 15 is 0 Å². The van der Waals surface area contributed by atoms with Crippen LogP contribution in [-0.2, 0) is 4.74 Å². The molecule has 2 aliphatic rings. The van der Waals surface area contributed by atoms with Gasteiger partial charge in [-0.25, -0.2) is 0 Å². The van der Waals surface area contributed by atoms with Crippen LogP contribution in [0.5, 0.6) is 5.75 Å². The number of ether oxygens (including phenoxy) is 2. The van der Waals surface area contributed by atoms with Gasteiger partial charge < -0.3 is 24.2 Å². The molecule has 8 heteroatoms. The van der Waals surface area contributed by atoms with Crippen LogP contribution in [0.15, 0.2) is 58.8 Å². The predicted octanol–water partition coefficient (Wildman–Crippen LogP) is 4.90. The zero-order chi connectivity index (χ0) is 23.7. The molecule has 0 radical (unpaired) electrons. The third kappa shape index (κ3) is 4.43. The third-order valence-electron chi connectivity index (χ3n) is 6.42. The maximum absolute atomic E-state index is 5.88. The summed E-state index contributed by atoms with van der Waals surface area (Å²) >= 11 is 5.80. The van der Waals surface area contributed by atoms with E-state index in [4.69, 9.17) is 31.2 Å². The first-order valence-electron chi connectivity index (χ1n) is 11.5. The Hall–Kier alpha value is -3.23. The van der Waals surface area contributed by atoms with Crippen LogP contribution in [0.25, 0.3) is 17.0 Å². The first-order valence-corrected chi connectivity index (χ1v) is 11.9. The Kier molecular flexibility index (Phi) is 6.34. The van der Waals surface area contributed by atoms with Crippen molar-refractivity contribution in [1.29, 1.82) is 0 Å². The lowest BCUT2D eigenvalue weighted by Gasteiger charge is -2.38. The van der Waals surface area contributed by atoms with Crippen LogP contribution in [-0.4, -0.2) is 46.5 Å². The molecule has 2 atom stereocenters. The van der Waals surface area contributed by atoms with Gasteiger partial charge in [-0.3, -0.25) is 0 Å². The molecule has 7 nitrogen and oxygen atoms in total. The highest BCUT2D eigenvalue weighted by Gasteiger charge is 2.35. The Morgan fingerprint density at radius 2 is 1.88 bits per heavy atom. The summed E-state index contributed by atoms with van der Waals surface area (Å²) in [6.45, 7) is 5.60.